The molecule has 11 heteroatoms. The fourth-order valence-corrected chi connectivity index (χ4v) is 7.44. The van der Waals surface area contributed by atoms with Crippen LogP contribution in [0, 0.1) is 0 Å². The second-order valence-corrected chi connectivity index (χ2v) is 12.6. The van der Waals surface area contributed by atoms with E-state index in [1.54, 1.807) is 40.6 Å². The number of carbonyl (C=O) groups is 1. The predicted octanol–water partition coefficient (Wildman–Crippen LogP) is 5.51. The third-order valence-corrected chi connectivity index (χ3v) is 10.4. The van der Waals surface area contributed by atoms with E-state index in [1.165, 1.54) is 23.5 Å². The van der Waals surface area contributed by atoms with Crippen molar-refractivity contribution in [3.63, 3.8) is 0 Å². The van der Waals surface area contributed by atoms with Gasteiger partial charge in [0.2, 0.25) is 10.0 Å². The maximum atomic E-state index is 13.8. The quantitative estimate of drug-likeness (QED) is 0.315. The summed E-state index contributed by atoms with van der Waals surface area (Å²) in [4.78, 5) is 22.6. The van der Waals surface area contributed by atoms with Crippen molar-refractivity contribution >= 4 is 54.2 Å². The fourth-order valence-electron chi connectivity index (χ4n) is 4.64. The first-order valence-electron chi connectivity index (χ1n) is 13.1. The molecule has 1 aliphatic rings. The maximum absolute atomic E-state index is 13.8. The van der Waals surface area contributed by atoms with E-state index in [1.807, 2.05) is 0 Å². The first-order valence-corrected chi connectivity index (χ1v) is 15.7. The molecular formula is C27H35ClN4O4S2. The molecule has 2 aromatic carbocycles. The summed E-state index contributed by atoms with van der Waals surface area (Å²) >= 11 is 7.79. The minimum atomic E-state index is -3.60. The molecule has 1 amide bonds. The van der Waals surface area contributed by atoms with Gasteiger partial charge in [-0.15, -0.1) is 0 Å². The van der Waals surface area contributed by atoms with Crippen molar-refractivity contribution in [2.24, 2.45) is 0 Å². The summed E-state index contributed by atoms with van der Waals surface area (Å²) < 4.78 is 34.2. The molecule has 1 saturated heterocycles. The molecular weight excluding hydrogens is 544 g/mol. The monoisotopic (exact) mass is 578 g/mol. The highest BCUT2D eigenvalue weighted by Crippen LogP contribution is 2.39. The average molecular weight is 579 g/mol. The van der Waals surface area contributed by atoms with E-state index < -0.39 is 10.0 Å². The molecule has 1 aromatic heterocycles. The number of anilines is 1. The van der Waals surface area contributed by atoms with Crippen LogP contribution >= 0.6 is 22.9 Å². The largest absolute Gasteiger partial charge is 0.494 e. The van der Waals surface area contributed by atoms with Crippen LogP contribution in [0.2, 0.25) is 5.02 Å². The number of methoxy groups -OCH3 is 1. The van der Waals surface area contributed by atoms with Gasteiger partial charge in [0.1, 0.15) is 11.3 Å². The van der Waals surface area contributed by atoms with Crippen LogP contribution in [0.1, 0.15) is 49.9 Å². The summed E-state index contributed by atoms with van der Waals surface area (Å²) in [6.45, 7) is 8.05. The summed E-state index contributed by atoms with van der Waals surface area (Å²) in [6.07, 6.45) is 3.83. The van der Waals surface area contributed by atoms with Gasteiger partial charge < -0.3 is 9.64 Å². The van der Waals surface area contributed by atoms with Crippen LogP contribution in [0.25, 0.3) is 10.2 Å². The molecule has 0 aliphatic carbocycles. The minimum Gasteiger partial charge on any atom is -0.494 e. The number of nitrogens with zero attached hydrogens (tertiary/aromatic N) is 4. The molecule has 0 atom stereocenters. The molecule has 0 saturated carbocycles. The highest BCUT2D eigenvalue weighted by atomic mass is 35.5. The van der Waals surface area contributed by atoms with Gasteiger partial charge in [0.25, 0.3) is 5.91 Å². The molecule has 206 valence electrons. The number of amides is 1. The lowest BCUT2D eigenvalue weighted by molar-refractivity contribution is 0.0983. The van der Waals surface area contributed by atoms with E-state index in [0.717, 1.165) is 43.5 Å². The number of fused-ring (bicyclic) bond motifs is 1. The van der Waals surface area contributed by atoms with E-state index in [9.17, 15) is 13.2 Å². The van der Waals surface area contributed by atoms with Crippen molar-refractivity contribution in [1.82, 2.24) is 14.2 Å². The van der Waals surface area contributed by atoms with Gasteiger partial charge in [-0.05, 0) is 62.3 Å². The van der Waals surface area contributed by atoms with Crippen LogP contribution in [-0.2, 0) is 10.0 Å². The van der Waals surface area contributed by atoms with E-state index in [-0.39, 0.29) is 10.8 Å². The van der Waals surface area contributed by atoms with Crippen LogP contribution in [0.15, 0.2) is 41.3 Å². The lowest BCUT2D eigenvalue weighted by Gasteiger charge is -2.25. The number of aromatic nitrogens is 1. The Bertz CT molecular complexity index is 1350. The highest BCUT2D eigenvalue weighted by Gasteiger charge is 2.27. The molecule has 8 nitrogen and oxygen atoms in total. The molecule has 0 spiro atoms. The Balaban J connectivity index is 1.65. The van der Waals surface area contributed by atoms with Crippen molar-refractivity contribution in [2.45, 2.75) is 44.4 Å². The first kappa shape index (κ1) is 28.8. The molecule has 0 unspecified atom stereocenters. The first-order chi connectivity index (χ1) is 18.3. The predicted molar refractivity (Wildman–Crippen MR) is 154 cm³/mol. The van der Waals surface area contributed by atoms with Crippen LogP contribution in [0.5, 0.6) is 5.75 Å². The average Bonchev–Trinajstić information content (AvgIpc) is 3.18. The number of ether oxygens (including phenoxy) is 1. The van der Waals surface area contributed by atoms with E-state index in [4.69, 9.17) is 21.3 Å². The lowest BCUT2D eigenvalue weighted by atomic mass is 10.2. The van der Waals surface area contributed by atoms with Crippen molar-refractivity contribution in [2.75, 3.05) is 51.3 Å². The number of rotatable bonds is 10. The molecule has 38 heavy (non-hydrogen) atoms. The van der Waals surface area contributed by atoms with E-state index in [2.05, 4.69) is 18.7 Å². The van der Waals surface area contributed by atoms with Gasteiger partial charge in [-0.1, -0.05) is 49.6 Å². The van der Waals surface area contributed by atoms with Crippen LogP contribution < -0.4 is 9.64 Å². The zero-order chi connectivity index (χ0) is 27.3. The standard InChI is InChI=1S/C27H35ClN4O4S2/c1-4-30(5-2)18-19-32(27-29-24-23(36-3)15-14-22(28)25(24)37-27)26(33)20-10-12-21(13-11-20)38(34,35)31-16-8-6-7-9-17-31/h10-15H,4-9,16-19H2,1-3H3. The summed E-state index contributed by atoms with van der Waals surface area (Å²) in [5, 5.41) is 1.06. The Morgan fingerprint density at radius 2 is 1.68 bits per heavy atom. The Morgan fingerprint density at radius 3 is 2.29 bits per heavy atom. The zero-order valence-electron chi connectivity index (χ0n) is 22.2. The van der Waals surface area contributed by atoms with E-state index in [0.29, 0.717) is 53.2 Å². The second-order valence-electron chi connectivity index (χ2n) is 9.25. The smallest absolute Gasteiger partial charge is 0.260 e. The van der Waals surface area contributed by atoms with Crippen LogP contribution in [0.4, 0.5) is 5.13 Å². The summed E-state index contributed by atoms with van der Waals surface area (Å²) in [6, 6.07) is 9.79. The number of hydrogen-bond acceptors (Lipinski definition) is 7. The van der Waals surface area contributed by atoms with Gasteiger partial charge in [0.15, 0.2) is 5.13 Å². The van der Waals surface area contributed by atoms with Crippen molar-refractivity contribution in [1.29, 1.82) is 0 Å². The topological polar surface area (TPSA) is 83.1 Å². The number of hydrogen-bond donors (Lipinski definition) is 0. The number of likely N-dealkylation sites (N-methyl/N-ethyl adjacent to an activating group) is 1. The van der Waals surface area contributed by atoms with Gasteiger partial charge >= 0.3 is 0 Å². The summed E-state index contributed by atoms with van der Waals surface area (Å²) in [5.41, 5.74) is 1.01. The number of sulfonamides is 1. The normalized spacial score (nSPS) is 15.1. The Morgan fingerprint density at radius 1 is 1.03 bits per heavy atom. The number of benzene rings is 2. The molecule has 3 aromatic rings. The van der Waals surface area contributed by atoms with Crippen molar-refractivity contribution in [3.8, 4) is 5.75 Å². The maximum Gasteiger partial charge on any atom is 0.260 e. The number of halogens is 1. The van der Waals surface area contributed by atoms with Gasteiger partial charge in [-0.2, -0.15) is 4.31 Å². The number of thiazole rings is 1. The van der Waals surface area contributed by atoms with Crippen molar-refractivity contribution < 1.29 is 17.9 Å². The van der Waals surface area contributed by atoms with Crippen LogP contribution in [-0.4, -0.2) is 74.9 Å². The summed E-state index contributed by atoms with van der Waals surface area (Å²) in [7, 11) is -2.02. The fraction of sp³-hybridized carbons (Fsp3) is 0.481. The van der Waals surface area contributed by atoms with Crippen molar-refractivity contribution in [3.05, 3.63) is 47.0 Å². The van der Waals surface area contributed by atoms with Gasteiger partial charge in [0, 0.05) is 31.7 Å². The molecule has 1 aliphatic heterocycles. The molecule has 0 radical (unpaired) electrons. The SMILES string of the molecule is CCN(CC)CCN(C(=O)c1ccc(S(=O)(=O)N2CCCCCC2)cc1)c1nc2c(OC)ccc(Cl)c2s1. The Labute approximate surface area is 234 Å². The molecule has 4 rings (SSSR count). The third-order valence-electron chi connectivity index (χ3n) is 6.98. The third kappa shape index (κ3) is 6.15. The molecule has 0 N–H and O–H groups in total. The highest BCUT2D eigenvalue weighted by molar-refractivity contribution is 7.89. The lowest BCUT2D eigenvalue weighted by Crippen LogP contribution is -2.39. The molecule has 1 fully saturated rings. The van der Waals surface area contributed by atoms with Crippen LogP contribution in [0.3, 0.4) is 0 Å². The minimum absolute atomic E-state index is 0.210. The van der Waals surface area contributed by atoms with Gasteiger partial charge in [-0.25, -0.2) is 13.4 Å². The van der Waals surface area contributed by atoms with Gasteiger partial charge in [0.05, 0.1) is 21.7 Å². The zero-order valence-corrected chi connectivity index (χ0v) is 24.5. The Hall–Kier alpha value is -2.24. The number of carbonyl (C=O) groups excluding carboxylic acids is 1. The van der Waals surface area contributed by atoms with E-state index >= 15 is 0 Å². The molecule has 0 bridgehead atoms. The second kappa shape index (κ2) is 12.7. The molecule has 2 heterocycles. The van der Waals surface area contributed by atoms with Gasteiger partial charge in [-0.3, -0.25) is 9.69 Å². The Kier molecular flexibility index (Phi) is 9.64. The summed E-state index contributed by atoms with van der Waals surface area (Å²) in [5.74, 6) is 0.344.